The van der Waals surface area contributed by atoms with Crippen LogP contribution in [0.5, 0.6) is 0 Å². The average molecular weight is 384 g/mol. The lowest BCUT2D eigenvalue weighted by atomic mass is 10.2. The monoisotopic (exact) mass is 384 g/mol. The molecule has 1 aliphatic rings. The lowest BCUT2D eigenvalue weighted by Gasteiger charge is -2.24. The molecule has 1 aliphatic heterocycles. The SMILES string of the molecule is FC(F)(F)c1cccc(NC(=S)NC[C@H](c2ccco2)[NH+]2CCCC2)c1. The summed E-state index contributed by atoms with van der Waals surface area (Å²) in [6.45, 7) is 2.69. The molecule has 1 saturated heterocycles. The van der Waals surface area contributed by atoms with E-state index in [1.165, 1.54) is 23.8 Å². The van der Waals surface area contributed by atoms with Crippen LogP contribution < -0.4 is 15.5 Å². The highest BCUT2D eigenvalue weighted by molar-refractivity contribution is 7.80. The minimum Gasteiger partial charge on any atom is -0.463 e. The number of hydrogen-bond donors (Lipinski definition) is 3. The average Bonchev–Trinajstić information content (AvgIpc) is 3.28. The molecule has 0 saturated carbocycles. The van der Waals surface area contributed by atoms with Crippen LogP contribution in [0.25, 0.3) is 0 Å². The lowest BCUT2D eigenvalue weighted by Crippen LogP contribution is -3.11. The molecular formula is C18H21F3N3OS+. The van der Waals surface area contributed by atoms with Gasteiger partial charge in [0.15, 0.2) is 16.9 Å². The highest BCUT2D eigenvalue weighted by atomic mass is 32.1. The van der Waals surface area contributed by atoms with Crippen molar-refractivity contribution in [2.75, 3.05) is 25.0 Å². The second-order valence-corrected chi connectivity index (χ2v) is 6.76. The molecule has 0 amide bonds. The highest BCUT2D eigenvalue weighted by Crippen LogP contribution is 2.30. The predicted molar refractivity (Wildman–Crippen MR) is 97.0 cm³/mol. The topological polar surface area (TPSA) is 41.6 Å². The molecule has 2 aromatic rings. The number of likely N-dealkylation sites (tertiary alicyclic amines) is 1. The van der Waals surface area contributed by atoms with Gasteiger partial charge in [-0.15, -0.1) is 0 Å². The number of halogens is 3. The first-order valence-corrected chi connectivity index (χ1v) is 8.94. The molecule has 26 heavy (non-hydrogen) atoms. The second kappa shape index (κ2) is 8.09. The summed E-state index contributed by atoms with van der Waals surface area (Å²) in [5.74, 6) is 0.885. The third kappa shape index (κ3) is 4.76. The maximum atomic E-state index is 12.8. The second-order valence-electron chi connectivity index (χ2n) is 6.35. The molecule has 0 aliphatic carbocycles. The molecule has 4 nitrogen and oxygen atoms in total. The molecule has 3 N–H and O–H groups in total. The van der Waals surface area contributed by atoms with Gasteiger partial charge in [0, 0.05) is 18.5 Å². The summed E-state index contributed by atoms with van der Waals surface area (Å²) in [5.41, 5.74) is -0.402. The van der Waals surface area contributed by atoms with Gasteiger partial charge in [-0.25, -0.2) is 0 Å². The number of alkyl halides is 3. The van der Waals surface area contributed by atoms with Crippen molar-refractivity contribution >= 4 is 23.0 Å². The summed E-state index contributed by atoms with van der Waals surface area (Å²) in [6.07, 6.45) is -0.369. The van der Waals surface area contributed by atoms with E-state index >= 15 is 0 Å². The van der Waals surface area contributed by atoms with Crippen molar-refractivity contribution in [1.29, 1.82) is 0 Å². The molecule has 0 spiro atoms. The summed E-state index contributed by atoms with van der Waals surface area (Å²) in [6, 6.07) is 8.91. The normalized spacial score (nSPS) is 16.4. The first-order valence-electron chi connectivity index (χ1n) is 8.53. The third-order valence-electron chi connectivity index (χ3n) is 4.54. The van der Waals surface area contributed by atoms with E-state index < -0.39 is 11.7 Å². The van der Waals surface area contributed by atoms with Crippen molar-refractivity contribution in [1.82, 2.24) is 5.32 Å². The highest BCUT2D eigenvalue weighted by Gasteiger charge is 2.31. The molecule has 140 valence electrons. The van der Waals surface area contributed by atoms with Crippen LogP contribution in [0.3, 0.4) is 0 Å². The maximum absolute atomic E-state index is 12.8. The van der Waals surface area contributed by atoms with E-state index in [4.69, 9.17) is 16.6 Å². The molecule has 1 atom stereocenters. The zero-order chi connectivity index (χ0) is 18.6. The van der Waals surface area contributed by atoms with Crippen LogP contribution >= 0.6 is 12.2 Å². The zero-order valence-electron chi connectivity index (χ0n) is 14.1. The van der Waals surface area contributed by atoms with Gasteiger partial charge in [-0.2, -0.15) is 13.2 Å². The molecule has 0 radical (unpaired) electrons. The Balaban J connectivity index is 1.60. The fourth-order valence-corrected chi connectivity index (χ4v) is 3.46. The van der Waals surface area contributed by atoms with Gasteiger partial charge in [-0.05, 0) is 42.5 Å². The van der Waals surface area contributed by atoms with E-state index in [0.29, 0.717) is 17.3 Å². The Labute approximate surface area is 155 Å². The molecule has 8 heteroatoms. The van der Waals surface area contributed by atoms with Crippen LogP contribution in [0, 0.1) is 0 Å². The molecule has 1 fully saturated rings. The van der Waals surface area contributed by atoms with Crippen LogP contribution in [-0.4, -0.2) is 24.7 Å². The van der Waals surface area contributed by atoms with Gasteiger partial charge >= 0.3 is 6.18 Å². The number of quaternary nitrogens is 1. The first-order chi connectivity index (χ1) is 12.4. The number of rotatable bonds is 5. The van der Waals surface area contributed by atoms with Gasteiger partial charge in [0.1, 0.15) is 0 Å². The number of thiocarbonyl (C=S) groups is 1. The van der Waals surface area contributed by atoms with Crippen LogP contribution in [0.1, 0.15) is 30.2 Å². The molecule has 1 aromatic carbocycles. The predicted octanol–water partition coefficient (Wildman–Crippen LogP) is 3.00. The largest absolute Gasteiger partial charge is 0.463 e. The minimum atomic E-state index is -4.38. The lowest BCUT2D eigenvalue weighted by molar-refractivity contribution is -0.919. The van der Waals surface area contributed by atoms with Gasteiger partial charge in [0.25, 0.3) is 0 Å². The molecule has 0 unspecified atom stereocenters. The Morgan fingerprint density at radius 3 is 2.62 bits per heavy atom. The Bertz CT molecular complexity index is 728. The van der Waals surface area contributed by atoms with Crippen LogP contribution in [0.2, 0.25) is 0 Å². The van der Waals surface area contributed by atoms with Crippen molar-refractivity contribution in [2.45, 2.75) is 25.1 Å². The summed E-state index contributed by atoms with van der Waals surface area (Å²) in [7, 11) is 0. The zero-order valence-corrected chi connectivity index (χ0v) is 14.9. The quantitative estimate of drug-likeness (QED) is 0.694. The van der Waals surface area contributed by atoms with Crippen molar-refractivity contribution in [3.63, 3.8) is 0 Å². The van der Waals surface area contributed by atoms with Gasteiger partial charge in [0.2, 0.25) is 0 Å². The number of anilines is 1. The summed E-state index contributed by atoms with van der Waals surface area (Å²) < 4.78 is 44.0. The molecule has 1 aromatic heterocycles. The Morgan fingerprint density at radius 2 is 1.96 bits per heavy atom. The van der Waals surface area contributed by atoms with Crippen molar-refractivity contribution in [3.8, 4) is 0 Å². The molecule has 2 heterocycles. The Kier molecular flexibility index (Phi) is 5.83. The van der Waals surface area contributed by atoms with E-state index in [1.807, 2.05) is 12.1 Å². The van der Waals surface area contributed by atoms with E-state index in [2.05, 4.69) is 10.6 Å². The number of benzene rings is 1. The van der Waals surface area contributed by atoms with Crippen LogP contribution in [0.4, 0.5) is 18.9 Å². The van der Waals surface area contributed by atoms with E-state index in [9.17, 15) is 13.2 Å². The summed E-state index contributed by atoms with van der Waals surface area (Å²) in [5, 5.41) is 6.23. The van der Waals surface area contributed by atoms with Gasteiger partial charge in [-0.1, -0.05) is 6.07 Å². The molecular weight excluding hydrogens is 363 g/mol. The van der Waals surface area contributed by atoms with Gasteiger partial charge in [-0.3, -0.25) is 0 Å². The first kappa shape index (κ1) is 18.7. The van der Waals surface area contributed by atoms with Crippen molar-refractivity contribution in [3.05, 3.63) is 54.0 Å². The molecule has 3 rings (SSSR count). The Hall–Kier alpha value is -2.06. The van der Waals surface area contributed by atoms with Crippen molar-refractivity contribution in [2.24, 2.45) is 0 Å². The molecule has 0 bridgehead atoms. The maximum Gasteiger partial charge on any atom is 0.416 e. The minimum absolute atomic E-state index is 0.119. The van der Waals surface area contributed by atoms with E-state index in [0.717, 1.165) is 31.0 Å². The number of furan rings is 1. The Morgan fingerprint density at radius 1 is 1.19 bits per heavy atom. The number of nitrogens with one attached hydrogen (secondary N) is 3. The smallest absolute Gasteiger partial charge is 0.416 e. The fraction of sp³-hybridized carbons (Fsp3) is 0.389. The van der Waals surface area contributed by atoms with Gasteiger partial charge in [0.05, 0.1) is 31.5 Å². The number of hydrogen-bond acceptors (Lipinski definition) is 2. The summed E-state index contributed by atoms with van der Waals surface area (Å²) >= 11 is 5.25. The van der Waals surface area contributed by atoms with Crippen LogP contribution in [0.15, 0.2) is 47.1 Å². The standard InChI is InChI=1S/C18H20F3N3OS/c19-18(20,21)13-5-3-6-14(11-13)23-17(26)22-12-15(16-7-4-10-25-16)24-8-1-2-9-24/h3-7,10-11,15H,1-2,8-9,12H2,(H2,22,23,26)/p+1/t15-/m1/s1. The van der Waals surface area contributed by atoms with Crippen LogP contribution in [-0.2, 0) is 6.18 Å². The van der Waals surface area contributed by atoms with Gasteiger partial charge < -0.3 is 20.0 Å². The third-order valence-corrected chi connectivity index (χ3v) is 4.79. The van der Waals surface area contributed by atoms with E-state index in [-0.39, 0.29) is 6.04 Å². The fourth-order valence-electron chi connectivity index (χ4n) is 3.26. The van der Waals surface area contributed by atoms with E-state index in [1.54, 1.807) is 12.3 Å². The summed E-state index contributed by atoms with van der Waals surface area (Å²) in [4.78, 5) is 1.43. The van der Waals surface area contributed by atoms with Crippen molar-refractivity contribution < 1.29 is 22.5 Å².